The first kappa shape index (κ1) is 19.6. The molecule has 0 spiro atoms. The van der Waals surface area contributed by atoms with Crippen LogP contribution in [0.15, 0.2) is 82.0 Å². The van der Waals surface area contributed by atoms with Gasteiger partial charge < -0.3 is 9.15 Å². The van der Waals surface area contributed by atoms with Crippen LogP contribution in [0.5, 0.6) is 5.75 Å². The molecule has 5 heteroatoms. The maximum absolute atomic E-state index is 13.3. The van der Waals surface area contributed by atoms with Gasteiger partial charge in [-0.1, -0.05) is 41.9 Å². The number of fused-ring (bicyclic) bond motifs is 3. The molecule has 1 aliphatic carbocycles. The average molecular weight is 431 g/mol. The van der Waals surface area contributed by atoms with E-state index in [9.17, 15) is 9.59 Å². The van der Waals surface area contributed by atoms with E-state index >= 15 is 0 Å². The van der Waals surface area contributed by atoms with E-state index in [1.807, 2.05) is 42.5 Å². The number of carbonyl (C=O) groups excluding carboxylic acids is 1. The van der Waals surface area contributed by atoms with Gasteiger partial charge in [0, 0.05) is 33.2 Å². The molecule has 154 valence electrons. The van der Waals surface area contributed by atoms with Gasteiger partial charge in [0.15, 0.2) is 6.10 Å². The first-order valence-electron chi connectivity index (χ1n) is 10.2. The molecule has 1 heterocycles. The number of ether oxygens (including phenoxy) is 1. The molecule has 0 saturated heterocycles. The van der Waals surface area contributed by atoms with Gasteiger partial charge in [0.25, 0.3) is 0 Å². The molecule has 1 aliphatic rings. The largest absolute Gasteiger partial charge is 0.477 e. The van der Waals surface area contributed by atoms with Gasteiger partial charge in [-0.3, -0.25) is 4.79 Å². The smallest absolute Gasteiger partial charge is 0.339 e. The summed E-state index contributed by atoms with van der Waals surface area (Å²) in [5, 5.41) is 1.49. The maximum Gasteiger partial charge on any atom is 0.339 e. The van der Waals surface area contributed by atoms with E-state index in [0.717, 1.165) is 41.3 Å². The summed E-state index contributed by atoms with van der Waals surface area (Å²) in [7, 11) is 0. The molecule has 31 heavy (non-hydrogen) atoms. The SMILES string of the molecule is O=C(c1ccc(Cl)cc1)[C@@H](Oc1ccc2c3c(c(=O)oc2c1)CCC3)c1ccccc1. The summed E-state index contributed by atoms with van der Waals surface area (Å²) in [6.07, 6.45) is 1.75. The van der Waals surface area contributed by atoms with Gasteiger partial charge in [-0.15, -0.1) is 0 Å². The lowest BCUT2D eigenvalue weighted by Gasteiger charge is -2.19. The van der Waals surface area contributed by atoms with Crippen molar-refractivity contribution in [1.29, 1.82) is 0 Å². The van der Waals surface area contributed by atoms with Crippen molar-refractivity contribution in [2.45, 2.75) is 25.4 Å². The summed E-state index contributed by atoms with van der Waals surface area (Å²) in [6.45, 7) is 0. The van der Waals surface area contributed by atoms with Gasteiger partial charge in [0.05, 0.1) is 0 Å². The lowest BCUT2D eigenvalue weighted by atomic mass is 9.99. The third kappa shape index (κ3) is 3.75. The Hall–Kier alpha value is -3.37. The highest BCUT2D eigenvalue weighted by atomic mass is 35.5. The molecule has 0 fully saturated rings. The zero-order valence-electron chi connectivity index (χ0n) is 16.6. The van der Waals surface area contributed by atoms with Crippen LogP contribution >= 0.6 is 11.6 Å². The van der Waals surface area contributed by atoms with Crippen LogP contribution in [0.4, 0.5) is 0 Å². The highest BCUT2D eigenvalue weighted by Crippen LogP contribution is 2.32. The predicted octanol–water partition coefficient (Wildman–Crippen LogP) is 5.94. The lowest BCUT2D eigenvalue weighted by Crippen LogP contribution is -2.19. The standard InChI is InChI=1S/C26H19ClO4/c27-18-11-9-16(10-12-18)24(28)25(17-5-2-1-3-6-17)30-19-13-14-21-20-7-4-8-22(20)26(29)31-23(21)15-19/h1-3,5-6,9-15,25H,4,7-8H2/t25-/m0/s1. The third-order valence-corrected chi connectivity index (χ3v) is 5.92. The summed E-state index contributed by atoms with van der Waals surface area (Å²) in [5.74, 6) is 0.281. The zero-order chi connectivity index (χ0) is 21.4. The van der Waals surface area contributed by atoms with E-state index in [0.29, 0.717) is 21.9 Å². The second kappa shape index (κ2) is 8.05. The fourth-order valence-corrected chi connectivity index (χ4v) is 4.27. The maximum atomic E-state index is 13.3. The van der Waals surface area contributed by atoms with E-state index in [4.69, 9.17) is 20.8 Å². The Bertz CT molecular complexity index is 1320. The summed E-state index contributed by atoms with van der Waals surface area (Å²) < 4.78 is 11.7. The monoisotopic (exact) mass is 430 g/mol. The van der Waals surface area contributed by atoms with Crippen molar-refractivity contribution in [3.8, 4) is 5.75 Å². The molecule has 1 atom stereocenters. The van der Waals surface area contributed by atoms with Gasteiger partial charge in [0.2, 0.25) is 5.78 Å². The summed E-state index contributed by atoms with van der Waals surface area (Å²) in [6, 6.07) is 21.5. The Morgan fingerprint density at radius 1 is 0.935 bits per heavy atom. The Morgan fingerprint density at radius 3 is 2.45 bits per heavy atom. The van der Waals surface area contributed by atoms with Crippen LogP contribution in [-0.4, -0.2) is 5.78 Å². The molecule has 0 N–H and O–H groups in total. The molecule has 0 amide bonds. The minimum atomic E-state index is -0.846. The fraction of sp³-hybridized carbons (Fsp3) is 0.154. The summed E-state index contributed by atoms with van der Waals surface area (Å²) in [4.78, 5) is 25.6. The number of aryl methyl sites for hydroxylation is 1. The van der Waals surface area contributed by atoms with Crippen molar-refractivity contribution in [2.75, 3.05) is 0 Å². The van der Waals surface area contributed by atoms with E-state index in [2.05, 4.69) is 0 Å². The van der Waals surface area contributed by atoms with Crippen LogP contribution in [0.3, 0.4) is 0 Å². The van der Waals surface area contributed by atoms with Crippen LogP contribution in [0, 0.1) is 0 Å². The van der Waals surface area contributed by atoms with Gasteiger partial charge in [-0.25, -0.2) is 4.79 Å². The molecule has 0 saturated carbocycles. The first-order chi connectivity index (χ1) is 15.1. The number of hydrogen-bond donors (Lipinski definition) is 0. The molecular weight excluding hydrogens is 412 g/mol. The second-order valence-corrected chi connectivity index (χ2v) is 8.07. The van der Waals surface area contributed by atoms with Crippen molar-refractivity contribution in [1.82, 2.24) is 0 Å². The number of halogens is 1. The summed E-state index contributed by atoms with van der Waals surface area (Å²) >= 11 is 5.97. The van der Waals surface area contributed by atoms with Crippen LogP contribution in [-0.2, 0) is 12.8 Å². The molecule has 0 aliphatic heterocycles. The Balaban J connectivity index is 1.54. The molecule has 0 radical (unpaired) electrons. The fourth-order valence-electron chi connectivity index (χ4n) is 4.14. The van der Waals surface area contributed by atoms with Gasteiger partial charge in [-0.2, -0.15) is 0 Å². The molecule has 3 aromatic carbocycles. The predicted molar refractivity (Wildman–Crippen MR) is 120 cm³/mol. The van der Waals surface area contributed by atoms with Crippen molar-refractivity contribution in [3.05, 3.63) is 110 Å². The minimum absolute atomic E-state index is 0.182. The highest BCUT2D eigenvalue weighted by Gasteiger charge is 2.25. The molecule has 4 aromatic rings. The molecule has 0 unspecified atom stereocenters. The average Bonchev–Trinajstić information content (AvgIpc) is 3.29. The van der Waals surface area contributed by atoms with Gasteiger partial charge in [-0.05, 0) is 61.2 Å². The number of hydrogen-bond acceptors (Lipinski definition) is 4. The van der Waals surface area contributed by atoms with E-state index in [1.165, 1.54) is 0 Å². The second-order valence-electron chi connectivity index (χ2n) is 7.64. The van der Waals surface area contributed by atoms with Crippen LogP contribution in [0.1, 0.15) is 39.6 Å². The zero-order valence-corrected chi connectivity index (χ0v) is 17.4. The topological polar surface area (TPSA) is 56.5 Å². The third-order valence-electron chi connectivity index (χ3n) is 5.67. The number of Topliss-reactive ketones (excluding diaryl/α,β-unsaturated/α-hetero) is 1. The molecule has 5 rings (SSSR count). The van der Waals surface area contributed by atoms with Crippen LogP contribution in [0.25, 0.3) is 11.0 Å². The van der Waals surface area contributed by atoms with Crippen LogP contribution in [0.2, 0.25) is 5.02 Å². The molecule has 1 aromatic heterocycles. The highest BCUT2D eigenvalue weighted by molar-refractivity contribution is 6.30. The molecule has 0 bridgehead atoms. The summed E-state index contributed by atoms with van der Waals surface area (Å²) in [5.41, 5.74) is 3.28. The first-order valence-corrected chi connectivity index (χ1v) is 10.6. The van der Waals surface area contributed by atoms with Gasteiger partial charge in [0.1, 0.15) is 11.3 Å². The Kier molecular flexibility index (Phi) is 5.08. The minimum Gasteiger partial charge on any atom is -0.477 e. The number of rotatable bonds is 5. The van der Waals surface area contributed by atoms with Crippen molar-refractivity contribution < 1.29 is 13.9 Å². The lowest BCUT2D eigenvalue weighted by molar-refractivity contribution is 0.0792. The number of benzene rings is 3. The Labute approximate surface area is 184 Å². The van der Waals surface area contributed by atoms with Crippen molar-refractivity contribution >= 4 is 28.4 Å². The number of carbonyl (C=O) groups is 1. The van der Waals surface area contributed by atoms with Crippen LogP contribution < -0.4 is 10.4 Å². The normalized spacial score (nSPS) is 13.7. The molecular formula is C26H19ClO4. The Morgan fingerprint density at radius 2 is 1.68 bits per heavy atom. The quantitative estimate of drug-likeness (QED) is 0.290. The van der Waals surface area contributed by atoms with Crippen molar-refractivity contribution in [3.63, 3.8) is 0 Å². The van der Waals surface area contributed by atoms with E-state index < -0.39 is 6.10 Å². The number of ketones is 1. The van der Waals surface area contributed by atoms with E-state index in [1.54, 1.807) is 30.3 Å². The molecule has 4 nitrogen and oxygen atoms in total. The van der Waals surface area contributed by atoms with E-state index in [-0.39, 0.29) is 11.4 Å². The van der Waals surface area contributed by atoms with Crippen molar-refractivity contribution in [2.24, 2.45) is 0 Å². The van der Waals surface area contributed by atoms with Gasteiger partial charge >= 0.3 is 5.63 Å².